The van der Waals surface area contributed by atoms with Gasteiger partial charge >= 0.3 is 0 Å². The van der Waals surface area contributed by atoms with E-state index in [1.807, 2.05) is 71.0 Å². The zero-order chi connectivity index (χ0) is 30.6. The summed E-state index contributed by atoms with van der Waals surface area (Å²) in [6.07, 6.45) is -0.687. The Bertz CT molecular complexity index is 1440. The minimum atomic E-state index is -0.839. The van der Waals surface area contributed by atoms with Crippen LogP contribution in [0.25, 0.3) is 10.4 Å². The van der Waals surface area contributed by atoms with Crippen LogP contribution in [0.5, 0.6) is 5.75 Å². The van der Waals surface area contributed by atoms with Gasteiger partial charge in [-0.2, -0.15) is 0 Å². The second kappa shape index (κ2) is 13.5. The molecule has 3 atom stereocenters. The van der Waals surface area contributed by atoms with Gasteiger partial charge in [0.2, 0.25) is 11.8 Å². The van der Waals surface area contributed by atoms with Crippen molar-refractivity contribution in [1.29, 1.82) is 0 Å². The second-order valence-electron chi connectivity index (χ2n) is 10.7. The van der Waals surface area contributed by atoms with Crippen molar-refractivity contribution in [1.82, 2.24) is 20.1 Å². The van der Waals surface area contributed by atoms with Crippen LogP contribution in [-0.2, 0) is 22.7 Å². The van der Waals surface area contributed by atoms with Gasteiger partial charge in [-0.05, 0) is 36.1 Å². The van der Waals surface area contributed by atoms with Crippen LogP contribution in [0.15, 0.2) is 48.0 Å². The van der Waals surface area contributed by atoms with Crippen LogP contribution >= 0.6 is 11.3 Å². The maximum Gasteiger partial charge on any atom is 0.255 e. The Hall–Kier alpha value is -3.76. The van der Waals surface area contributed by atoms with Crippen LogP contribution in [-0.4, -0.2) is 69.5 Å². The van der Waals surface area contributed by atoms with E-state index in [1.165, 1.54) is 4.90 Å². The average Bonchev–Trinajstić information content (AvgIpc) is 3.69. The number of likely N-dealkylation sites (tertiary alicyclic amines) is 1. The molecule has 9 nitrogen and oxygen atoms in total. The van der Waals surface area contributed by atoms with Crippen molar-refractivity contribution in [2.24, 2.45) is 5.92 Å². The minimum absolute atomic E-state index is 0.0430. The summed E-state index contributed by atoms with van der Waals surface area (Å²) in [5.74, 6) is -0.413. The van der Waals surface area contributed by atoms with Gasteiger partial charge in [0, 0.05) is 37.2 Å². The standard InChI is InChI=1S/C30H34N4O5S.C2H6/c1-17(2)26(34-14-21-7-5-6-8-23(21)29(34)37)30(38)33-15-22(35)12-24(33)28(36)31-13-20-10-9-19(11-25(20)39-4)27-18(3)32-16-40-27;1-2/h5-11,16-17,22,24,26,35H,12-15H2,1-4H3,(H,31,36);1-2H3. The molecule has 1 fully saturated rings. The van der Waals surface area contributed by atoms with E-state index < -0.39 is 18.2 Å². The lowest BCUT2D eigenvalue weighted by atomic mass is 10.0. The molecule has 0 aliphatic carbocycles. The van der Waals surface area contributed by atoms with E-state index in [9.17, 15) is 19.5 Å². The molecular weight excluding hydrogens is 552 g/mol. The second-order valence-corrected chi connectivity index (χ2v) is 11.5. The lowest BCUT2D eigenvalue weighted by molar-refractivity contribution is -0.143. The van der Waals surface area contributed by atoms with Gasteiger partial charge in [-0.3, -0.25) is 14.4 Å². The van der Waals surface area contributed by atoms with Crippen LogP contribution in [0.4, 0.5) is 0 Å². The minimum Gasteiger partial charge on any atom is -0.496 e. The van der Waals surface area contributed by atoms with Gasteiger partial charge in [0.25, 0.3) is 5.91 Å². The number of rotatable bonds is 8. The van der Waals surface area contributed by atoms with Gasteiger partial charge in [-0.15, -0.1) is 11.3 Å². The number of aromatic nitrogens is 1. The predicted octanol–water partition coefficient (Wildman–Crippen LogP) is 4.41. The van der Waals surface area contributed by atoms with E-state index in [0.717, 1.165) is 27.3 Å². The molecule has 42 heavy (non-hydrogen) atoms. The highest BCUT2D eigenvalue weighted by Gasteiger charge is 2.45. The molecule has 3 amide bonds. The molecule has 2 aliphatic rings. The highest BCUT2D eigenvalue weighted by molar-refractivity contribution is 7.13. The van der Waals surface area contributed by atoms with Crippen molar-refractivity contribution < 1.29 is 24.2 Å². The van der Waals surface area contributed by atoms with E-state index in [2.05, 4.69) is 10.3 Å². The number of nitrogens with one attached hydrogen (secondary N) is 1. The van der Waals surface area contributed by atoms with E-state index in [1.54, 1.807) is 34.9 Å². The zero-order valence-corrected chi connectivity index (χ0v) is 25.9. The Balaban J connectivity index is 0.00000198. The molecule has 3 heterocycles. The van der Waals surface area contributed by atoms with Crippen molar-refractivity contribution in [2.75, 3.05) is 13.7 Å². The molecule has 10 heteroatoms. The number of aliphatic hydroxyl groups excluding tert-OH is 1. The molecule has 2 N–H and O–H groups in total. The first-order valence-electron chi connectivity index (χ1n) is 14.4. The predicted molar refractivity (Wildman–Crippen MR) is 163 cm³/mol. The number of thiazole rings is 1. The monoisotopic (exact) mass is 592 g/mol. The van der Waals surface area contributed by atoms with E-state index in [-0.39, 0.29) is 43.1 Å². The van der Waals surface area contributed by atoms with Gasteiger partial charge in [-0.1, -0.05) is 58.0 Å². The molecule has 2 aliphatic heterocycles. The number of hydrogen-bond acceptors (Lipinski definition) is 7. The quantitative estimate of drug-likeness (QED) is 0.401. The summed E-state index contributed by atoms with van der Waals surface area (Å²) in [7, 11) is 1.59. The average molecular weight is 593 g/mol. The Kier molecular flexibility index (Phi) is 10.0. The number of aryl methyl sites for hydroxylation is 1. The van der Waals surface area contributed by atoms with Crippen LogP contribution < -0.4 is 10.1 Å². The number of hydrogen-bond donors (Lipinski definition) is 2. The largest absolute Gasteiger partial charge is 0.496 e. The summed E-state index contributed by atoms with van der Waals surface area (Å²) in [5.41, 5.74) is 6.00. The Morgan fingerprint density at radius 2 is 1.93 bits per heavy atom. The molecule has 3 unspecified atom stereocenters. The fraction of sp³-hybridized carbons (Fsp3) is 0.438. The van der Waals surface area contributed by atoms with Crippen molar-refractivity contribution in [3.8, 4) is 16.2 Å². The summed E-state index contributed by atoms with van der Waals surface area (Å²) >= 11 is 1.55. The number of methoxy groups -OCH3 is 1. The number of amides is 3. The lowest BCUT2D eigenvalue weighted by Gasteiger charge is -2.35. The van der Waals surface area contributed by atoms with Gasteiger partial charge in [0.1, 0.15) is 17.8 Å². The van der Waals surface area contributed by atoms with Crippen molar-refractivity contribution in [2.45, 2.75) is 72.3 Å². The zero-order valence-electron chi connectivity index (χ0n) is 25.1. The summed E-state index contributed by atoms with van der Waals surface area (Å²) in [5, 5.41) is 13.4. The molecule has 1 saturated heterocycles. The van der Waals surface area contributed by atoms with Crippen LogP contribution in [0.1, 0.15) is 61.3 Å². The number of aliphatic hydroxyl groups is 1. The SMILES string of the molecule is CC.COc1cc(-c2scnc2C)ccc1CNC(=O)C1CC(O)CN1C(=O)C(C(C)C)N1Cc2ccccc2C1=O. The Morgan fingerprint density at radius 3 is 2.57 bits per heavy atom. The van der Waals surface area contributed by atoms with E-state index in [4.69, 9.17) is 4.74 Å². The number of β-amino-alcohol motifs (C(OH)–C–C–N with tert-alkyl or cyclic N) is 1. The summed E-state index contributed by atoms with van der Waals surface area (Å²) < 4.78 is 5.60. The van der Waals surface area contributed by atoms with Crippen molar-refractivity contribution >= 4 is 29.1 Å². The van der Waals surface area contributed by atoms with Crippen molar-refractivity contribution in [3.05, 3.63) is 70.4 Å². The topological polar surface area (TPSA) is 112 Å². The lowest BCUT2D eigenvalue weighted by Crippen LogP contribution is -2.55. The summed E-state index contributed by atoms with van der Waals surface area (Å²) in [4.78, 5) is 48.9. The first kappa shape index (κ1) is 31.2. The molecule has 0 radical (unpaired) electrons. The maximum absolute atomic E-state index is 13.9. The van der Waals surface area contributed by atoms with E-state index >= 15 is 0 Å². The van der Waals surface area contributed by atoms with E-state index in [0.29, 0.717) is 17.9 Å². The number of benzene rings is 2. The molecule has 0 spiro atoms. The fourth-order valence-corrected chi connectivity index (χ4v) is 6.47. The summed E-state index contributed by atoms with van der Waals surface area (Å²) in [6, 6.07) is 11.6. The molecule has 224 valence electrons. The fourth-order valence-electron chi connectivity index (χ4n) is 5.67. The maximum atomic E-state index is 13.9. The number of ether oxygens (including phenoxy) is 1. The first-order chi connectivity index (χ1) is 20.2. The highest BCUT2D eigenvalue weighted by atomic mass is 32.1. The van der Waals surface area contributed by atoms with Crippen molar-refractivity contribution in [3.63, 3.8) is 0 Å². The Morgan fingerprint density at radius 1 is 1.19 bits per heavy atom. The molecule has 0 saturated carbocycles. The number of carbonyl (C=O) groups excluding carboxylic acids is 3. The third kappa shape index (κ3) is 6.19. The van der Waals surface area contributed by atoms with Gasteiger partial charge in [0.15, 0.2) is 0 Å². The molecule has 2 aromatic carbocycles. The van der Waals surface area contributed by atoms with Crippen LogP contribution in [0, 0.1) is 12.8 Å². The molecular formula is C32H40N4O5S. The number of nitrogens with zero attached hydrogens (tertiary/aromatic N) is 3. The normalized spacial score (nSPS) is 18.4. The molecule has 3 aromatic rings. The van der Waals surface area contributed by atoms with Gasteiger partial charge < -0.3 is 25.0 Å². The molecule has 0 bridgehead atoms. The Labute approximate surface area is 251 Å². The van der Waals surface area contributed by atoms with Crippen LogP contribution in [0.3, 0.4) is 0 Å². The van der Waals surface area contributed by atoms with Crippen LogP contribution in [0.2, 0.25) is 0 Å². The smallest absolute Gasteiger partial charge is 0.255 e. The third-order valence-electron chi connectivity index (χ3n) is 7.68. The number of fused-ring (bicyclic) bond motifs is 1. The number of carbonyl (C=O) groups is 3. The van der Waals surface area contributed by atoms with Gasteiger partial charge in [0.05, 0.1) is 29.3 Å². The van der Waals surface area contributed by atoms with Gasteiger partial charge in [-0.25, -0.2) is 4.98 Å². The summed E-state index contributed by atoms with van der Waals surface area (Å²) in [6.45, 7) is 10.3. The third-order valence-corrected chi connectivity index (χ3v) is 8.66. The molecule has 1 aromatic heterocycles. The molecule has 5 rings (SSSR count). The first-order valence-corrected chi connectivity index (χ1v) is 15.3. The highest BCUT2D eigenvalue weighted by Crippen LogP contribution is 2.33.